The number of fused-ring (bicyclic) bond motifs is 2. The summed E-state index contributed by atoms with van der Waals surface area (Å²) in [5, 5.41) is 8.78. The molecule has 2 aliphatic rings. The maximum absolute atomic E-state index is 6.01. The van der Waals surface area contributed by atoms with E-state index in [-0.39, 0.29) is 0 Å². The summed E-state index contributed by atoms with van der Waals surface area (Å²) in [5.74, 6) is 3.25. The van der Waals surface area contributed by atoms with Crippen LogP contribution in [0.1, 0.15) is 16.8 Å². The zero-order valence-electron chi connectivity index (χ0n) is 15.1. The largest absolute Gasteiger partial charge is 0.365 e. The number of hydrogen-bond acceptors (Lipinski definition) is 3. The maximum atomic E-state index is 6.01. The first kappa shape index (κ1) is 18.4. The Morgan fingerprint density at radius 3 is 2.46 bits per heavy atom. The molecule has 0 amide bonds. The second-order valence-electron chi connectivity index (χ2n) is 6.43. The second kappa shape index (κ2) is 7.55. The van der Waals surface area contributed by atoms with Crippen molar-refractivity contribution in [2.24, 2.45) is 0 Å². The first-order chi connectivity index (χ1) is 13.5. The fourth-order valence-electron chi connectivity index (χ4n) is 2.80. The molecule has 0 spiro atoms. The Bertz CT molecular complexity index is 1200. The van der Waals surface area contributed by atoms with Crippen molar-refractivity contribution in [3.05, 3.63) is 81.6 Å². The lowest BCUT2D eigenvalue weighted by atomic mass is 10.2. The third-order valence-electron chi connectivity index (χ3n) is 4.33. The van der Waals surface area contributed by atoms with Gasteiger partial charge >= 0.3 is 0 Å². The van der Waals surface area contributed by atoms with Crippen LogP contribution in [0.4, 0.5) is 5.82 Å². The summed E-state index contributed by atoms with van der Waals surface area (Å²) in [6, 6.07) is 15.9. The van der Waals surface area contributed by atoms with E-state index in [1.165, 1.54) is 11.1 Å². The first-order valence-corrected chi connectivity index (χ1v) is 9.41. The van der Waals surface area contributed by atoms with Gasteiger partial charge in [-0.1, -0.05) is 47.5 Å². The van der Waals surface area contributed by atoms with Crippen LogP contribution in [0.5, 0.6) is 0 Å². The number of aromatic nitrogens is 3. The molecular weight excluding hydrogens is 391 g/mol. The summed E-state index contributed by atoms with van der Waals surface area (Å²) >= 11 is 11.9. The van der Waals surface area contributed by atoms with Crippen LogP contribution >= 0.6 is 23.2 Å². The van der Waals surface area contributed by atoms with Gasteiger partial charge in [0, 0.05) is 6.54 Å². The van der Waals surface area contributed by atoms with Crippen molar-refractivity contribution in [1.29, 1.82) is 0 Å². The smallest absolute Gasteiger partial charge is 0.158 e. The number of hydrogen-bond donors (Lipinski definition) is 1. The molecule has 2 aliphatic carbocycles. The van der Waals surface area contributed by atoms with Crippen molar-refractivity contribution in [3.8, 4) is 23.5 Å². The van der Waals surface area contributed by atoms with Crippen molar-refractivity contribution < 1.29 is 0 Å². The molecule has 0 radical (unpaired) electrons. The summed E-state index contributed by atoms with van der Waals surface area (Å²) in [7, 11) is 0. The molecule has 0 atom stereocenters. The molecule has 3 aromatic rings. The van der Waals surface area contributed by atoms with Gasteiger partial charge in [0.25, 0.3) is 0 Å². The Morgan fingerprint density at radius 1 is 1.07 bits per heavy atom. The van der Waals surface area contributed by atoms with Gasteiger partial charge in [0.2, 0.25) is 0 Å². The molecule has 1 N–H and O–H groups in total. The van der Waals surface area contributed by atoms with Crippen LogP contribution in [-0.4, -0.2) is 14.6 Å². The van der Waals surface area contributed by atoms with Gasteiger partial charge in [-0.15, -0.1) is 11.5 Å². The molecule has 0 unspecified atom stereocenters. The molecule has 4 nitrogen and oxygen atoms in total. The molecule has 1 aromatic carbocycles. The van der Waals surface area contributed by atoms with E-state index in [4.69, 9.17) is 29.6 Å². The van der Waals surface area contributed by atoms with E-state index >= 15 is 0 Å². The average Bonchev–Trinajstić information content (AvgIpc) is 3.09. The third-order valence-corrected chi connectivity index (χ3v) is 5.07. The van der Waals surface area contributed by atoms with Gasteiger partial charge in [0.1, 0.15) is 11.5 Å². The number of imidazole rings is 1. The summed E-state index contributed by atoms with van der Waals surface area (Å²) in [6.45, 7) is 2.56. The number of nitrogens with zero attached hydrogens (tertiary/aromatic N) is 3. The Balaban J connectivity index is 0.000000268. The third kappa shape index (κ3) is 3.96. The molecule has 0 fully saturated rings. The number of anilines is 1. The molecule has 0 saturated heterocycles. The molecule has 2 heterocycles. The zero-order chi connectivity index (χ0) is 19.7. The highest BCUT2D eigenvalue weighted by Gasteiger charge is 2.07. The lowest BCUT2D eigenvalue weighted by Gasteiger charge is -2.08. The predicted octanol–water partition coefficient (Wildman–Crippen LogP) is 5.60. The standard InChI is InChI=1S/C16H12Cl2N4.C6H4/c1-3-12-9-22-16(20-12)10(2)6-15(21-22)19-8-11-4-5-13(17)14(18)7-11;1-2-5-4-6(5)3-1/h1,4-7,9H,8H2,2H3,(H,19,21);1-4H. The van der Waals surface area contributed by atoms with E-state index in [2.05, 4.69) is 45.6 Å². The number of halogens is 2. The summed E-state index contributed by atoms with van der Waals surface area (Å²) in [4.78, 5) is 4.32. The molecule has 0 saturated carbocycles. The Labute approximate surface area is 173 Å². The van der Waals surface area contributed by atoms with E-state index in [1.54, 1.807) is 16.8 Å². The Morgan fingerprint density at radius 2 is 1.86 bits per heavy atom. The monoisotopic (exact) mass is 406 g/mol. The summed E-state index contributed by atoms with van der Waals surface area (Å²) < 4.78 is 1.68. The number of benzene rings is 2. The van der Waals surface area contributed by atoms with Crippen molar-refractivity contribution in [1.82, 2.24) is 14.6 Å². The van der Waals surface area contributed by atoms with Crippen LogP contribution in [0.2, 0.25) is 10.0 Å². The molecule has 5 rings (SSSR count). The van der Waals surface area contributed by atoms with Crippen LogP contribution < -0.4 is 5.32 Å². The van der Waals surface area contributed by atoms with E-state index in [0.717, 1.165) is 22.6 Å². The van der Waals surface area contributed by atoms with Crippen LogP contribution in [0.25, 0.3) is 16.8 Å². The van der Waals surface area contributed by atoms with Gasteiger partial charge in [-0.25, -0.2) is 9.50 Å². The van der Waals surface area contributed by atoms with Crippen LogP contribution in [0.3, 0.4) is 0 Å². The van der Waals surface area contributed by atoms with Crippen LogP contribution in [-0.2, 0) is 6.54 Å². The van der Waals surface area contributed by atoms with Crippen LogP contribution in [0.15, 0.2) is 54.7 Å². The van der Waals surface area contributed by atoms with Crippen LogP contribution in [0, 0.1) is 19.3 Å². The van der Waals surface area contributed by atoms with Gasteiger partial charge in [-0.2, -0.15) is 0 Å². The summed E-state index contributed by atoms with van der Waals surface area (Å²) in [5.41, 5.74) is 6.19. The van der Waals surface area contributed by atoms with Gasteiger partial charge in [0.05, 0.1) is 16.2 Å². The SMILES string of the molecule is C#Cc1cn2nc(NCc3ccc(Cl)c(Cl)c3)cc(C)c2n1.c1cc2cc-2c1. The number of terminal acetylenes is 1. The van der Waals surface area contributed by atoms with E-state index in [1.807, 2.05) is 25.1 Å². The highest BCUT2D eigenvalue weighted by Crippen LogP contribution is 2.32. The maximum Gasteiger partial charge on any atom is 0.158 e. The number of rotatable bonds is 3. The lowest BCUT2D eigenvalue weighted by molar-refractivity contribution is 0.917. The van der Waals surface area contributed by atoms with E-state index in [0.29, 0.717) is 22.3 Å². The minimum atomic E-state index is 0.536. The van der Waals surface area contributed by atoms with Crippen molar-refractivity contribution >= 4 is 34.7 Å². The molecule has 6 heteroatoms. The predicted molar refractivity (Wildman–Crippen MR) is 115 cm³/mol. The minimum Gasteiger partial charge on any atom is -0.365 e. The van der Waals surface area contributed by atoms with Gasteiger partial charge in [-0.05, 0) is 59.4 Å². The molecule has 0 bridgehead atoms. The number of aryl methyl sites for hydroxylation is 1. The Kier molecular flexibility index (Phi) is 4.95. The van der Waals surface area contributed by atoms with Gasteiger partial charge < -0.3 is 5.32 Å². The average molecular weight is 407 g/mol. The highest BCUT2D eigenvalue weighted by molar-refractivity contribution is 6.42. The molecule has 28 heavy (non-hydrogen) atoms. The topological polar surface area (TPSA) is 42.2 Å². The first-order valence-electron chi connectivity index (χ1n) is 8.65. The molecule has 2 aromatic heterocycles. The fraction of sp³-hybridized carbons (Fsp3) is 0.0909. The molecule has 138 valence electrons. The molecule has 0 aliphatic heterocycles. The van der Waals surface area contributed by atoms with Crippen molar-refractivity contribution in [2.75, 3.05) is 5.32 Å². The highest BCUT2D eigenvalue weighted by atomic mass is 35.5. The second-order valence-corrected chi connectivity index (χ2v) is 7.25. The lowest BCUT2D eigenvalue weighted by Crippen LogP contribution is -2.05. The quantitative estimate of drug-likeness (QED) is 0.396. The van der Waals surface area contributed by atoms with Crippen molar-refractivity contribution in [2.45, 2.75) is 13.5 Å². The van der Waals surface area contributed by atoms with Crippen molar-refractivity contribution in [3.63, 3.8) is 0 Å². The van der Waals surface area contributed by atoms with E-state index < -0.39 is 0 Å². The summed E-state index contributed by atoms with van der Waals surface area (Å²) in [6.07, 6.45) is 7.10. The number of nitrogens with one attached hydrogen (secondary N) is 1. The normalized spacial score (nSPS) is 10.8. The van der Waals surface area contributed by atoms with Gasteiger partial charge in [-0.3, -0.25) is 0 Å². The van der Waals surface area contributed by atoms with E-state index in [9.17, 15) is 0 Å². The zero-order valence-corrected chi connectivity index (χ0v) is 16.6. The minimum absolute atomic E-state index is 0.536. The Hall–Kier alpha value is -3.00. The van der Waals surface area contributed by atoms with Gasteiger partial charge in [0.15, 0.2) is 5.65 Å². The fourth-order valence-corrected chi connectivity index (χ4v) is 3.13. The molecular formula is C22H16Cl2N4.